The highest BCUT2D eigenvalue weighted by Crippen LogP contribution is 2.25. The summed E-state index contributed by atoms with van der Waals surface area (Å²) in [6.45, 7) is 5.23. The SMILES string of the molecule is Cc1cc(F)c([N+](=O)[O-])cc1S(=O)(=O)NCC(C)C. The third-order valence-corrected chi connectivity index (χ3v) is 3.98. The molecule has 0 saturated heterocycles. The van der Waals surface area contributed by atoms with Gasteiger partial charge in [-0.2, -0.15) is 4.39 Å². The quantitative estimate of drug-likeness (QED) is 0.663. The minimum atomic E-state index is -3.88. The van der Waals surface area contributed by atoms with Gasteiger partial charge in [-0.25, -0.2) is 13.1 Å². The summed E-state index contributed by atoms with van der Waals surface area (Å²) in [5.74, 6) is -0.962. The highest BCUT2D eigenvalue weighted by Gasteiger charge is 2.24. The van der Waals surface area contributed by atoms with Crippen LogP contribution in [0.5, 0.6) is 0 Å². The molecule has 0 atom stereocenters. The highest BCUT2D eigenvalue weighted by atomic mass is 32.2. The van der Waals surface area contributed by atoms with E-state index in [1.54, 1.807) is 0 Å². The van der Waals surface area contributed by atoms with Gasteiger partial charge in [-0.1, -0.05) is 13.8 Å². The number of nitro groups is 1. The summed E-state index contributed by atoms with van der Waals surface area (Å²) in [5, 5.41) is 10.6. The molecule has 19 heavy (non-hydrogen) atoms. The van der Waals surface area contributed by atoms with Gasteiger partial charge in [-0.3, -0.25) is 10.1 Å². The monoisotopic (exact) mass is 290 g/mol. The van der Waals surface area contributed by atoms with Crippen molar-refractivity contribution in [3.8, 4) is 0 Å². The Labute approximate surface area is 110 Å². The number of hydrogen-bond acceptors (Lipinski definition) is 4. The number of nitrogens with zero attached hydrogens (tertiary/aromatic N) is 1. The molecule has 0 heterocycles. The predicted molar refractivity (Wildman–Crippen MR) is 67.8 cm³/mol. The molecule has 1 N–H and O–H groups in total. The lowest BCUT2D eigenvalue weighted by molar-refractivity contribution is -0.387. The number of nitrogens with one attached hydrogen (secondary N) is 1. The Morgan fingerprint density at radius 3 is 2.47 bits per heavy atom. The Kier molecular flexibility index (Phi) is 4.59. The van der Waals surface area contributed by atoms with Gasteiger partial charge in [0.05, 0.1) is 9.82 Å². The zero-order chi connectivity index (χ0) is 14.8. The van der Waals surface area contributed by atoms with E-state index >= 15 is 0 Å². The second-order valence-electron chi connectivity index (χ2n) is 4.57. The molecule has 1 aromatic rings. The van der Waals surface area contributed by atoms with E-state index < -0.39 is 26.5 Å². The van der Waals surface area contributed by atoms with Crippen molar-refractivity contribution < 1.29 is 17.7 Å². The van der Waals surface area contributed by atoms with Crippen molar-refractivity contribution in [2.75, 3.05) is 6.54 Å². The average Bonchev–Trinajstić information content (AvgIpc) is 2.25. The van der Waals surface area contributed by atoms with Crippen LogP contribution in [0.2, 0.25) is 0 Å². The highest BCUT2D eigenvalue weighted by molar-refractivity contribution is 7.89. The Balaban J connectivity index is 3.27. The van der Waals surface area contributed by atoms with E-state index in [0.29, 0.717) is 0 Å². The lowest BCUT2D eigenvalue weighted by Gasteiger charge is -2.11. The van der Waals surface area contributed by atoms with Crippen molar-refractivity contribution in [1.82, 2.24) is 4.72 Å². The van der Waals surface area contributed by atoms with Gasteiger partial charge in [0.1, 0.15) is 0 Å². The van der Waals surface area contributed by atoms with Gasteiger partial charge in [-0.05, 0) is 24.5 Å². The van der Waals surface area contributed by atoms with Gasteiger partial charge in [0.2, 0.25) is 15.8 Å². The number of aryl methyl sites for hydroxylation is 1. The van der Waals surface area contributed by atoms with Crippen molar-refractivity contribution >= 4 is 15.7 Å². The third-order valence-electron chi connectivity index (χ3n) is 2.41. The number of sulfonamides is 1. The molecule has 0 fully saturated rings. The Morgan fingerprint density at radius 2 is 2.00 bits per heavy atom. The zero-order valence-corrected chi connectivity index (χ0v) is 11.6. The maximum Gasteiger partial charge on any atom is 0.306 e. The molecule has 0 aliphatic heterocycles. The van der Waals surface area contributed by atoms with Crippen LogP contribution in [0.25, 0.3) is 0 Å². The van der Waals surface area contributed by atoms with Gasteiger partial charge in [0, 0.05) is 12.6 Å². The number of benzene rings is 1. The maximum absolute atomic E-state index is 13.3. The van der Waals surface area contributed by atoms with Gasteiger partial charge >= 0.3 is 5.69 Å². The molecule has 0 unspecified atom stereocenters. The lowest BCUT2D eigenvalue weighted by Crippen LogP contribution is -2.28. The second kappa shape index (κ2) is 5.62. The standard InChI is InChI=1S/C11H15FN2O4S/c1-7(2)6-13-19(17,18)11-5-10(14(15)16)9(12)4-8(11)3/h4-5,7,13H,6H2,1-3H3. The van der Waals surface area contributed by atoms with Crippen molar-refractivity contribution in [2.45, 2.75) is 25.7 Å². The molecule has 6 nitrogen and oxygen atoms in total. The van der Waals surface area contributed by atoms with Crippen molar-refractivity contribution in [3.05, 3.63) is 33.6 Å². The molecule has 0 aromatic heterocycles. The summed E-state index contributed by atoms with van der Waals surface area (Å²) in [6, 6.07) is 1.59. The molecular weight excluding hydrogens is 275 g/mol. The van der Waals surface area contributed by atoms with Crippen LogP contribution >= 0.6 is 0 Å². The zero-order valence-electron chi connectivity index (χ0n) is 10.8. The van der Waals surface area contributed by atoms with Crippen LogP contribution in [0.3, 0.4) is 0 Å². The summed E-state index contributed by atoms with van der Waals surface area (Å²) in [6.07, 6.45) is 0. The molecule has 0 aliphatic carbocycles. The first-order valence-corrected chi connectivity index (χ1v) is 7.07. The molecule has 1 aromatic carbocycles. The summed E-state index contributed by atoms with van der Waals surface area (Å²) >= 11 is 0. The maximum atomic E-state index is 13.3. The van der Waals surface area contributed by atoms with Crippen LogP contribution in [0.4, 0.5) is 10.1 Å². The first-order chi connectivity index (χ1) is 8.65. The fourth-order valence-corrected chi connectivity index (χ4v) is 2.88. The molecule has 0 amide bonds. The molecule has 0 bridgehead atoms. The van der Waals surface area contributed by atoms with Crippen LogP contribution in [0.15, 0.2) is 17.0 Å². The summed E-state index contributed by atoms with van der Waals surface area (Å²) < 4.78 is 39.6. The predicted octanol–water partition coefficient (Wildman–Crippen LogP) is 1.98. The fourth-order valence-electron chi connectivity index (χ4n) is 1.43. The molecule has 0 aliphatic rings. The van der Waals surface area contributed by atoms with Crippen LogP contribution < -0.4 is 4.72 Å². The van der Waals surface area contributed by atoms with Gasteiger partial charge < -0.3 is 0 Å². The summed E-state index contributed by atoms with van der Waals surface area (Å²) in [5.41, 5.74) is -0.727. The molecular formula is C11H15FN2O4S. The van der Waals surface area contributed by atoms with Crippen molar-refractivity contribution in [3.63, 3.8) is 0 Å². The number of nitro benzene ring substituents is 1. The first kappa shape index (κ1) is 15.5. The summed E-state index contributed by atoms with van der Waals surface area (Å²) in [4.78, 5) is 9.40. The Hall–Kier alpha value is -1.54. The topological polar surface area (TPSA) is 89.3 Å². The molecule has 0 radical (unpaired) electrons. The fraction of sp³-hybridized carbons (Fsp3) is 0.455. The van der Waals surface area contributed by atoms with E-state index in [4.69, 9.17) is 0 Å². The van der Waals surface area contributed by atoms with Crippen LogP contribution in [0, 0.1) is 28.8 Å². The average molecular weight is 290 g/mol. The molecule has 1 rings (SSSR count). The lowest BCUT2D eigenvalue weighted by atomic mass is 10.2. The van der Waals surface area contributed by atoms with E-state index in [-0.39, 0.29) is 22.9 Å². The van der Waals surface area contributed by atoms with Crippen molar-refractivity contribution in [2.24, 2.45) is 5.92 Å². The minimum absolute atomic E-state index is 0.0884. The van der Waals surface area contributed by atoms with E-state index in [2.05, 4.69) is 4.72 Å². The van der Waals surface area contributed by atoms with E-state index in [1.807, 2.05) is 13.8 Å². The van der Waals surface area contributed by atoms with Gasteiger partial charge in [0.25, 0.3) is 0 Å². The molecule has 0 spiro atoms. The van der Waals surface area contributed by atoms with Gasteiger partial charge in [-0.15, -0.1) is 0 Å². The largest absolute Gasteiger partial charge is 0.306 e. The second-order valence-corrected chi connectivity index (χ2v) is 6.31. The molecule has 0 saturated carbocycles. The first-order valence-electron chi connectivity index (χ1n) is 5.59. The van der Waals surface area contributed by atoms with Crippen LogP contribution in [0.1, 0.15) is 19.4 Å². The van der Waals surface area contributed by atoms with Gasteiger partial charge in [0.15, 0.2) is 0 Å². The minimum Gasteiger partial charge on any atom is -0.258 e. The smallest absolute Gasteiger partial charge is 0.258 e. The van der Waals surface area contributed by atoms with Crippen LogP contribution in [-0.4, -0.2) is 19.9 Å². The third kappa shape index (κ3) is 3.71. The van der Waals surface area contributed by atoms with E-state index in [0.717, 1.165) is 12.1 Å². The van der Waals surface area contributed by atoms with E-state index in [1.165, 1.54) is 6.92 Å². The summed E-state index contributed by atoms with van der Waals surface area (Å²) in [7, 11) is -3.88. The number of halogens is 1. The Bertz CT molecular complexity index is 599. The number of rotatable bonds is 5. The number of hydrogen-bond donors (Lipinski definition) is 1. The molecule has 106 valence electrons. The van der Waals surface area contributed by atoms with Crippen LogP contribution in [-0.2, 0) is 10.0 Å². The normalized spacial score (nSPS) is 11.8. The molecule has 8 heteroatoms. The van der Waals surface area contributed by atoms with E-state index in [9.17, 15) is 22.9 Å². The van der Waals surface area contributed by atoms with Crippen molar-refractivity contribution in [1.29, 1.82) is 0 Å². The Morgan fingerprint density at radius 1 is 1.42 bits per heavy atom.